The van der Waals surface area contributed by atoms with Crippen molar-refractivity contribution in [3.63, 3.8) is 0 Å². The van der Waals surface area contributed by atoms with E-state index in [1.54, 1.807) is 12.3 Å². The number of nitrogen functional groups attached to an aromatic ring is 1. The van der Waals surface area contributed by atoms with Gasteiger partial charge in [-0.1, -0.05) is 0 Å². The van der Waals surface area contributed by atoms with Crippen LogP contribution in [0.3, 0.4) is 0 Å². The van der Waals surface area contributed by atoms with Crippen molar-refractivity contribution in [2.45, 2.75) is 25.4 Å². The Morgan fingerprint density at radius 3 is 3.17 bits per heavy atom. The number of nitrogens with one attached hydrogen (secondary N) is 2. The van der Waals surface area contributed by atoms with Gasteiger partial charge < -0.3 is 15.5 Å². The molecule has 1 amide bonds. The summed E-state index contributed by atoms with van der Waals surface area (Å²) in [6.07, 6.45) is 6.45. The maximum absolute atomic E-state index is 12.0. The molecular weight excluding hydrogens is 232 g/mol. The predicted molar refractivity (Wildman–Crippen MR) is 68.0 cm³/mol. The van der Waals surface area contributed by atoms with E-state index in [0.29, 0.717) is 17.8 Å². The van der Waals surface area contributed by atoms with Crippen molar-refractivity contribution in [2.24, 2.45) is 5.84 Å². The first-order valence-electron chi connectivity index (χ1n) is 6.11. The van der Waals surface area contributed by atoms with Gasteiger partial charge in [-0.05, 0) is 25.3 Å². The maximum Gasteiger partial charge on any atom is 0.255 e. The lowest BCUT2D eigenvalue weighted by atomic mass is 10.1. The van der Waals surface area contributed by atoms with Gasteiger partial charge in [0.25, 0.3) is 5.91 Å². The molecule has 18 heavy (non-hydrogen) atoms. The molecule has 1 aromatic heterocycles. The van der Waals surface area contributed by atoms with Gasteiger partial charge in [-0.15, -0.1) is 0 Å². The highest BCUT2D eigenvalue weighted by molar-refractivity contribution is 5.99. The fraction of sp³-hybridized carbons (Fsp3) is 0.500. The van der Waals surface area contributed by atoms with Crippen LogP contribution in [0.15, 0.2) is 18.5 Å². The molecule has 98 valence electrons. The number of pyridine rings is 1. The largest absolute Gasteiger partial charge is 0.376 e. The van der Waals surface area contributed by atoms with E-state index in [1.807, 2.05) is 0 Å². The van der Waals surface area contributed by atoms with Crippen molar-refractivity contribution < 1.29 is 9.53 Å². The van der Waals surface area contributed by atoms with Crippen LogP contribution >= 0.6 is 0 Å². The van der Waals surface area contributed by atoms with E-state index in [4.69, 9.17) is 10.6 Å². The van der Waals surface area contributed by atoms with Gasteiger partial charge in [0, 0.05) is 25.5 Å². The predicted octanol–water partition coefficient (Wildman–Crippen LogP) is 0.666. The molecule has 0 bridgehead atoms. The average molecular weight is 250 g/mol. The number of nitrogens with two attached hydrogens (primary N) is 1. The third kappa shape index (κ3) is 3.18. The lowest BCUT2D eigenvalue weighted by molar-refractivity contribution is 0.0169. The smallest absolute Gasteiger partial charge is 0.255 e. The Labute approximate surface area is 106 Å². The number of hydrogen-bond acceptors (Lipinski definition) is 5. The first-order valence-corrected chi connectivity index (χ1v) is 6.11. The first kappa shape index (κ1) is 12.8. The monoisotopic (exact) mass is 250 g/mol. The number of aromatic nitrogens is 1. The number of ether oxygens (including phenoxy) is 1. The van der Waals surface area contributed by atoms with Gasteiger partial charge in [-0.25, -0.2) is 0 Å². The first-order chi connectivity index (χ1) is 8.81. The van der Waals surface area contributed by atoms with Crippen molar-refractivity contribution >= 4 is 11.6 Å². The van der Waals surface area contributed by atoms with Crippen LogP contribution in [0.25, 0.3) is 0 Å². The summed E-state index contributed by atoms with van der Waals surface area (Å²) in [6, 6.07) is 1.66. The van der Waals surface area contributed by atoms with Crippen molar-refractivity contribution in [1.29, 1.82) is 0 Å². The van der Waals surface area contributed by atoms with Gasteiger partial charge in [-0.3, -0.25) is 15.6 Å². The van der Waals surface area contributed by atoms with Crippen LogP contribution in [-0.2, 0) is 4.74 Å². The van der Waals surface area contributed by atoms with E-state index in [-0.39, 0.29) is 12.0 Å². The quantitative estimate of drug-likeness (QED) is 0.540. The molecule has 1 fully saturated rings. The van der Waals surface area contributed by atoms with E-state index in [0.717, 1.165) is 25.9 Å². The van der Waals surface area contributed by atoms with E-state index >= 15 is 0 Å². The molecule has 0 aromatic carbocycles. The van der Waals surface area contributed by atoms with Crippen molar-refractivity contribution in [3.05, 3.63) is 24.0 Å². The molecule has 0 saturated carbocycles. The highest BCUT2D eigenvalue weighted by Gasteiger charge is 2.16. The number of nitrogens with zero attached hydrogens (tertiary/aromatic N) is 1. The van der Waals surface area contributed by atoms with Crippen molar-refractivity contribution in [2.75, 3.05) is 18.6 Å². The summed E-state index contributed by atoms with van der Waals surface area (Å²) in [5.74, 6) is 5.16. The Kier molecular flexibility index (Phi) is 4.49. The summed E-state index contributed by atoms with van der Waals surface area (Å²) in [4.78, 5) is 15.9. The second-order valence-corrected chi connectivity index (χ2v) is 4.26. The van der Waals surface area contributed by atoms with Crippen LogP contribution in [0, 0.1) is 0 Å². The second-order valence-electron chi connectivity index (χ2n) is 4.26. The molecular formula is C12H18N4O2. The molecule has 6 nitrogen and oxygen atoms in total. The van der Waals surface area contributed by atoms with E-state index in [1.165, 1.54) is 6.20 Å². The number of hydrazine groups is 1. The van der Waals surface area contributed by atoms with Crippen LogP contribution in [-0.4, -0.2) is 30.1 Å². The SMILES string of the molecule is NNc1ccncc1C(=O)NCC1CCCCO1. The van der Waals surface area contributed by atoms with Crippen LogP contribution in [0.5, 0.6) is 0 Å². The number of carbonyl (C=O) groups is 1. The maximum atomic E-state index is 12.0. The number of anilines is 1. The molecule has 2 rings (SSSR count). The molecule has 1 aliphatic heterocycles. The second kappa shape index (κ2) is 6.32. The summed E-state index contributed by atoms with van der Waals surface area (Å²) >= 11 is 0. The van der Waals surface area contributed by atoms with Crippen molar-refractivity contribution in [1.82, 2.24) is 10.3 Å². The average Bonchev–Trinajstić information content (AvgIpc) is 2.45. The van der Waals surface area contributed by atoms with Crippen LogP contribution in [0.1, 0.15) is 29.6 Å². The molecule has 0 spiro atoms. The normalized spacial score (nSPS) is 19.3. The van der Waals surface area contributed by atoms with E-state index < -0.39 is 0 Å². The molecule has 6 heteroatoms. The summed E-state index contributed by atoms with van der Waals surface area (Å²) in [6.45, 7) is 1.31. The Morgan fingerprint density at radius 1 is 1.56 bits per heavy atom. The van der Waals surface area contributed by atoms with Crippen LogP contribution < -0.4 is 16.6 Å². The van der Waals surface area contributed by atoms with E-state index in [9.17, 15) is 4.79 Å². The van der Waals surface area contributed by atoms with Crippen molar-refractivity contribution in [3.8, 4) is 0 Å². The molecule has 0 radical (unpaired) electrons. The Morgan fingerprint density at radius 2 is 2.44 bits per heavy atom. The minimum atomic E-state index is -0.190. The minimum absolute atomic E-state index is 0.119. The molecule has 1 unspecified atom stereocenters. The van der Waals surface area contributed by atoms with Crippen LogP contribution in [0.4, 0.5) is 5.69 Å². The summed E-state index contributed by atoms with van der Waals surface area (Å²) in [7, 11) is 0. The standard InChI is InChI=1S/C12H18N4O2/c13-16-11-4-5-14-8-10(11)12(17)15-7-9-3-1-2-6-18-9/h4-5,8-9H,1-3,6-7,13H2,(H,14,16)(H,15,17). The molecule has 2 heterocycles. The molecule has 0 aliphatic carbocycles. The fourth-order valence-electron chi connectivity index (χ4n) is 1.97. The summed E-state index contributed by atoms with van der Waals surface area (Å²) in [5.41, 5.74) is 3.49. The molecule has 1 saturated heterocycles. The zero-order valence-electron chi connectivity index (χ0n) is 10.2. The number of carbonyl (C=O) groups excluding carboxylic acids is 1. The van der Waals surface area contributed by atoms with Gasteiger partial charge in [0.2, 0.25) is 0 Å². The van der Waals surface area contributed by atoms with Gasteiger partial charge in [-0.2, -0.15) is 0 Å². The summed E-state index contributed by atoms with van der Waals surface area (Å²) < 4.78 is 5.55. The third-order valence-corrected chi connectivity index (χ3v) is 2.99. The number of amides is 1. The minimum Gasteiger partial charge on any atom is -0.376 e. The fourth-order valence-corrected chi connectivity index (χ4v) is 1.97. The number of hydrogen-bond donors (Lipinski definition) is 3. The van der Waals surface area contributed by atoms with Gasteiger partial charge >= 0.3 is 0 Å². The van der Waals surface area contributed by atoms with Gasteiger partial charge in [0.15, 0.2) is 0 Å². The lowest BCUT2D eigenvalue weighted by Crippen LogP contribution is -2.35. The number of rotatable bonds is 4. The Hall–Kier alpha value is -1.66. The molecule has 1 aromatic rings. The Balaban J connectivity index is 1.90. The zero-order valence-corrected chi connectivity index (χ0v) is 10.2. The highest BCUT2D eigenvalue weighted by atomic mass is 16.5. The van der Waals surface area contributed by atoms with Gasteiger partial charge in [0.1, 0.15) is 0 Å². The highest BCUT2D eigenvalue weighted by Crippen LogP contribution is 2.13. The molecule has 1 aliphatic rings. The molecule has 1 atom stereocenters. The Bertz CT molecular complexity index is 405. The summed E-state index contributed by atoms with van der Waals surface area (Å²) in [5, 5.41) is 2.84. The van der Waals surface area contributed by atoms with E-state index in [2.05, 4.69) is 15.7 Å². The molecule has 4 N–H and O–H groups in total. The zero-order chi connectivity index (χ0) is 12.8. The topological polar surface area (TPSA) is 89.3 Å². The van der Waals surface area contributed by atoms with Gasteiger partial charge in [0.05, 0.1) is 17.4 Å². The van der Waals surface area contributed by atoms with Crippen LogP contribution in [0.2, 0.25) is 0 Å². The third-order valence-electron chi connectivity index (χ3n) is 2.99. The lowest BCUT2D eigenvalue weighted by Gasteiger charge is -2.22.